The lowest BCUT2D eigenvalue weighted by Gasteiger charge is -2.46. The SMILES string of the molecule is C[Si](C)(C)O[Si](C)(O[Si](C)(C)C)O[Si](C)(C)C(CCOC(=O)C=CC(=O)[O-])C(C(F)(F)F)C(F)(F)F. The highest BCUT2D eigenvalue weighted by Gasteiger charge is 2.64. The molecule has 0 aliphatic carbocycles. The Labute approximate surface area is 211 Å². The number of carboxylic acid groups (broad SMARTS) is 1. The van der Waals surface area contributed by atoms with Crippen LogP contribution in [0, 0.1) is 5.92 Å². The molecule has 0 spiro atoms. The molecule has 0 saturated heterocycles. The number of hydrogen-bond donors (Lipinski definition) is 0. The van der Waals surface area contributed by atoms with Gasteiger partial charge in [0.1, 0.15) is 0 Å². The molecule has 0 heterocycles. The molecule has 0 aromatic heterocycles. The van der Waals surface area contributed by atoms with Crippen molar-refractivity contribution >= 4 is 45.7 Å². The first-order valence-corrected chi connectivity index (χ1v) is 23.0. The summed E-state index contributed by atoms with van der Waals surface area (Å²) < 4.78 is 106. The largest absolute Gasteiger partial charge is 0.545 e. The summed E-state index contributed by atoms with van der Waals surface area (Å²) >= 11 is 0. The Morgan fingerprint density at radius 3 is 1.53 bits per heavy atom. The van der Waals surface area contributed by atoms with Gasteiger partial charge in [-0.1, -0.05) is 0 Å². The Balaban J connectivity index is 6.36. The van der Waals surface area contributed by atoms with Crippen LogP contribution in [0.4, 0.5) is 26.3 Å². The molecule has 1 atom stereocenters. The Morgan fingerprint density at radius 2 is 1.19 bits per heavy atom. The van der Waals surface area contributed by atoms with Crippen molar-refractivity contribution in [2.75, 3.05) is 6.61 Å². The smallest absolute Gasteiger partial charge is 0.466 e. The molecule has 0 bridgehead atoms. The summed E-state index contributed by atoms with van der Waals surface area (Å²) in [6, 6.07) is 0. The minimum absolute atomic E-state index is 0.328. The van der Waals surface area contributed by atoms with Gasteiger partial charge >= 0.3 is 27.1 Å². The topological polar surface area (TPSA) is 94.1 Å². The number of carbonyl (C=O) groups excluding carboxylic acids is 2. The van der Waals surface area contributed by atoms with Crippen LogP contribution in [0.1, 0.15) is 6.42 Å². The first-order chi connectivity index (χ1) is 15.7. The third kappa shape index (κ3) is 13.5. The van der Waals surface area contributed by atoms with E-state index in [1.54, 1.807) is 39.3 Å². The van der Waals surface area contributed by atoms with E-state index < -0.39 is 82.5 Å². The number of alkyl halides is 6. The van der Waals surface area contributed by atoms with Crippen molar-refractivity contribution in [3.8, 4) is 0 Å². The normalized spacial score (nSPS) is 15.4. The van der Waals surface area contributed by atoms with Crippen LogP contribution in [0.25, 0.3) is 0 Å². The van der Waals surface area contributed by atoms with Crippen molar-refractivity contribution in [2.45, 2.75) is 83.2 Å². The molecule has 1 unspecified atom stereocenters. The fourth-order valence-corrected chi connectivity index (χ4v) is 20.7. The van der Waals surface area contributed by atoms with Crippen LogP contribution in [-0.4, -0.2) is 64.7 Å². The average molecular weight is 602 g/mol. The predicted molar refractivity (Wildman–Crippen MR) is 128 cm³/mol. The second-order valence-corrected chi connectivity index (χ2v) is 27.3. The van der Waals surface area contributed by atoms with Gasteiger partial charge in [0.2, 0.25) is 0 Å². The molecule has 0 rings (SSSR count). The van der Waals surface area contributed by atoms with Gasteiger partial charge in [-0.15, -0.1) is 0 Å². The summed E-state index contributed by atoms with van der Waals surface area (Å²) in [6.07, 6.45) is -11.4. The minimum atomic E-state index is -5.66. The van der Waals surface area contributed by atoms with E-state index in [0.717, 1.165) is 0 Å². The maximum atomic E-state index is 13.8. The number of ether oxygens (including phenoxy) is 1. The van der Waals surface area contributed by atoms with Gasteiger partial charge in [0.25, 0.3) is 0 Å². The molecular formula is C19H35F6O7Si4-. The number of carbonyl (C=O) groups is 2. The molecule has 17 heteroatoms. The molecule has 0 aliphatic rings. The fourth-order valence-electron chi connectivity index (χ4n) is 3.76. The highest BCUT2D eigenvalue weighted by molar-refractivity contribution is 6.90. The fraction of sp³-hybridized carbons (Fsp3) is 0.789. The molecule has 0 amide bonds. The number of esters is 1. The van der Waals surface area contributed by atoms with Crippen molar-refractivity contribution in [3.63, 3.8) is 0 Å². The Hall–Kier alpha value is -0.992. The molecule has 36 heavy (non-hydrogen) atoms. The van der Waals surface area contributed by atoms with E-state index in [0.29, 0.717) is 12.2 Å². The van der Waals surface area contributed by atoms with Crippen LogP contribution in [0.3, 0.4) is 0 Å². The minimum Gasteiger partial charge on any atom is -0.545 e. The number of carboxylic acids is 1. The maximum Gasteiger partial charge on any atom is 0.466 e. The highest BCUT2D eigenvalue weighted by Crippen LogP contribution is 2.52. The monoisotopic (exact) mass is 601 g/mol. The number of aliphatic carboxylic acids is 1. The zero-order valence-corrected chi connectivity index (χ0v) is 25.8. The summed E-state index contributed by atoms with van der Waals surface area (Å²) in [5.74, 6) is -6.73. The van der Waals surface area contributed by atoms with Crippen LogP contribution >= 0.6 is 0 Å². The van der Waals surface area contributed by atoms with Gasteiger partial charge in [-0.25, -0.2) is 4.79 Å². The van der Waals surface area contributed by atoms with E-state index >= 15 is 0 Å². The van der Waals surface area contributed by atoms with Crippen molar-refractivity contribution in [1.29, 1.82) is 0 Å². The molecule has 0 radical (unpaired) electrons. The summed E-state index contributed by atoms with van der Waals surface area (Å²) in [7, 11) is -12.5. The van der Waals surface area contributed by atoms with Crippen molar-refractivity contribution < 1.29 is 58.1 Å². The molecule has 7 nitrogen and oxygen atoms in total. The number of rotatable bonds is 13. The van der Waals surface area contributed by atoms with Gasteiger partial charge < -0.3 is 27.0 Å². The standard InChI is InChI=1S/C19H36F6O7Si4/c1-33(2,3)30-36(9,31-34(4,5)6)32-35(7,8)14(17(18(20,21)22)19(23,24)25)12-13-29-16(28)11-10-15(26)27/h10-11,14,17H,12-13H2,1-9H3,(H,26,27)/p-1. The second kappa shape index (κ2) is 12.2. The van der Waals surface area contributed by atoms with E-state index in [2.05, 4.69) is 4.74 Å². The molecule has 0 aromatic rings. The molecule has 0 N–H and O–H groups in total. The van der Waals surface area contributed by atoms with Gasteiger partial charge in [-0.3, -0.25) is 0 Å². The van der Waals surface area contributed by atoms with Crippen molar-refractivity contribution in [2.24, 2.45) is 5.92 Å². The highest BCUT2D eigenvalue weighted by atomic mass is 28.5. The average Bonchev–Trinajstić information content (AvgIpc) is 2.51. The molecule has 0 fully saturated rings. The zero-order chi connectivity index (χ0) is 29.0. The van der Waals surface area contributed by atoms with Crippen LogP contribution in [0.2, 0.25) is 64.5 Å². The predicted octanol–water partition coefficient (Wildman–Crippen LogP) is 4.83. The Bertz CT molecular complexity index is 759. The van der Waals surface area contributed by atoms with Crippen molar-refractivity contribution in [3.05, 3.63) is 12.2 Å². The number of halogens is 6. The lowest BCUT2D eigenvalue weighted by atomic mass is 10.0. The maximum absolute atomic E-state index is 13.8. The molecule has 0 saturated carbocycles. The van der Waals surface area contributed by atoms with Crippen LogP contribution in [0.5, 0.6) is 0 Å². The van der Waals surface area contributed by atoms with Gasteiger partial charge in [0.05, 0.1) is 12.6 Å². The van der Waals surface area contributed by atoms with Gasteiger partial charge in [-0.05, 0) is 64.9 Å². The quantitative estimate of drug-likeness (QED) is 0.129. The van der Waals surface area contributed by atoms with Crippen LogP contribution in [-0.2, 0) is 26.7 Å². The van der Waals surface area contributed by atoms with E-state index in [1.807, 2.05) is 0 Å². The first-order valence-electron chi connectivity index (χ1n) is 11.0. The van der Waals surface area contributed by atoms with E-state index in [1.165, 1.54) is 19.6 Å². The van der Waals surface area contributed by atoms with E-state index in [-0.39, 0.29) is 0 Å². The van der Waals surface area contributed by atoms with Crippen LogP contribution in [0.15, 0.2) is 12.2 Å². The van der Waals surface area contributed by atoms with Crippen molar-refractivity contribution in [1.82, 2.24) is 0 Å². The summed E-state index contributed by atoms with van der Waals surface area (Å²) in [5, 5.41) is 10.4. The van der Waals surface area contributed by atoms with E-state index in [4.69, 9.17) is 12.3 Å². The van der Waals surface area contributed by atoms with Gasteiger partial charge in [0.15, 0.2) is 30.9 Å². The van der Waals surface area contributed by atoms with Gasteiger partial charge in [-0.2, -0.15) is 26.3 Å². The summed E-state index contributed by atoms with van der Waals surface area (Å²) in [6.45, 7) is 13.9. The van der Waals surface area contributed by atoms with E-state index in [9.17, 15) is 41.0 Å². The molecular weight excluding hydrogens is 567 g/mol. The lowest BCUT2D eigenvalue weighted by Crippen LogP contribution is -2.61. The van der Waals surface area contributed by atoms with Gasteiger partial charge in [0, 0.05) is 18.2 Å². The first kappa shape index (κ1) is 35.0. The number of hydrogen-bond acceptors (Lipinski definition) is 7. The Kier molecular flexibility index (Phi) is 11.9. The Morgan fingerprint density at radius 1 is 0.778 bits per heavy atom. The third-order valence-corrected chi connectivity index (χ3v) is 18.3. The third-order valence-electron chi connectivity index (χ3n) is 4.46. The van der Waals surface area contributed by atoms with Crippen LogP contribution < -0.4 is 5.11 Å². The zero-order valence-electron chi connectivity index (χ0n) is 21.8. The second-order valence-electron chi connectivity index (χ2n) is 10.8. The summed E-state index contributed by atoms with van der Waals surface area (Å²) in [4.78, 5) is 22.0. The molecule has 212 valence electrons. The lowest BCUT2D eigenvalue weighted by molar-refractivity contribution is -0.297. The molecule has 0 aromatic carbocycles. The summed E-state index contributed by atoms with van der Waals surface area (Å²) in [5.41, 5.74) is -2.13. The molecule has 0 aliphatic heterocycles.